The third-order valence-electron chi connectivity index (χ3n) is 4.19. The van der Waals surface area contributed by atoms with Crippen LogP contribution >= 0.6 is 12.4 Å². The van der Waals surface area contributed by atoms with E-state index in [0.717, 1.165) is 24.4 Å². The third kappa shape index (κ3) is 5.32. The Morgan fingerprint density at radius 2 is 2.14 bits per heavy atom. The maximum Gasteiger partial charge on any atom is 0.241 e. The molecule has 0 bridgehead atoms. The highest BCUT2D eigenvalue weighted by Gasteiger charge is 2.20. The van der Waals surface area contributed by atoms with E-state index in [4.69, 9.17) is 0 Å². The molecule has 1 amide bonds. The monoisotopic (exact) mass is 314 g/mol. The van der Waals surface area contributed by atoms with Crippen LogP contribution in [0.4, 0.5) is 0 Å². The first-order valence-corrected chi connectivity index (χ1v) is 7.64. The quantitative estimate of drug-likeness (QED) is 0.846. The van der Waals surface area contributed by atoms with Gasteiger partial charge in [-0.3, -0.25) is 9.48 Å². The normalized spacial score (nSPS) is 17.0. The summed E-state index contributed by atoms with van der Waals surface area (Å²) in [6.45, 7) is 0.780. The smallest absolute Gasteiger partial charge is 0.241 e. The molecule has 21 heavy (non-hydrogen) atoms. The number of nitrogens with zero attached hydrogens (tertiary/aromatic N) is 2. The first-order valence-electron chi connectivity index (χ1n) is 7.64. The van der Waals surface area contributed by atoms with Gasteiger partial charge in [0.25, 0.3) is 0 Å². The van der Waals surface area contributed by atoms with Crippen LogP contribution in [0.25, 0.3) is 0 Å². The second kappa shape index (κ2) is 9.05. The largest absolute Gasteiger partial charge is 0.354 e. The number of aromatic nitrogens is 2. The molecule has 0 saturated heterocycles. The summed E-state index contributed by atoms with van der Waals surface area (Å²) >= 11 is 0. The van der Waals surface area contributed by atoms with Crippen LogP contribution in [0.15, 0.2) is 12.4 Å². The molecule has 1 unspecified atom stereocenters. The zero-order valence-corrected chi connectivity index (χ0v) is 13.8. The van der Waals surface area contributed by atoms with E-state index in [-0.39, 0.29) is 24.4 Å². The molecule has 1 aliphatic carbocycles. The summed E-state index contributed by atoms with van der Waals surface area (Å²) < 4.78 is 1.72. The van der Waals surface area contributed by atoms with Gasteiger partial charge in [0.2, 0.25) is 5.91 Å². The Kier molecular flexibility index (Phi) is 7.75. The zero-order chi connectivity index (χ0) is 14.4. The molecular weight excluding hydrogens is 288 g/mol. The Morgan fingerprint density at radius 1 is 1.43 bits per heavy atom. The Balaban J connectivity index is 0.00000220. The molecule has 2 N–H and O–H groups in total. The SMILES string of the molecule is CNC(C(=O)NCCC1CCCCC1)c1cnn(C)c1.Cl. The molecular formula is C15H27ClN4O. The van der Waals surface area contributed by atoms with Gasteiger partial charge in [0.15, 0.2) is 0 Å². The Bertz CT molecular complexity index is 429. The minimum absolute atomic E-state index is 0. The van der Waals surface area contributed by atoms with E-state index in [0.29, 0.717) is 0 Å². The van der Waals surface area contributed by atoms with Crippen molar-refractivity contribution in [2.75, 3.05) is 13.6 Å². The number of halogens is 1. The predicted octanol–water partition coefficient (Wildman–Crippen LogP) is 2.19. The molecule has 5 nitrogen and oxygen atoms in total. The van der Waals surface area contributed by atoms with Crippen molar-refractivity contribution >= 4 is 18.3 Å². The standard InChI is InChI=1S/C15H26N4O.ClH/c1-16-14(13-10-18-19(2)11-13)15(20)17-9-8-12-6-4-3-5-7-12;/h10-12,14,16H,3-9H2,1-2H3,(H,17,20);1H. The number of carbonyl (C=O) groups is 1. The van der Waals surface area contributed by atoms with Crippen LogP contribution in [0.2, 0.25) is 0 Å². The van der Waals surface area contributed by atoms with Crippen molar-refractivity contribution in [3.8, 4) is 0 Å². The summed E-state index contributed by atoms with van der Waals surface area (Å²) in [5.41, 5.74) is 0.908. The number of aryl methyl sites for hydroxylation is 1. The lowest BCUT2D eigenvalue weighted by atomic mass is 9.87. The molecule has 1 saturated carbocycles. The van der Waals surface area contributed by atoms with Gasteiger partial charge in [-0.2, -0.15) is 5.10 Å². The Labute approximate surface area is 133 Å². The number of likely N-dealkylation sites (N-methyl/N-ethyl adjacent to an activating group) is 1. The van der Waals surface area contributed by atoms with Gasteiger partial charge in [-0.25, -0.2) is 0 Å². The zero-order valence-electron chi connectivity index (χ0n) is 13.0. The van der Waals surface area contributed by atoms with Crippen molar-refractivity contribution in [2.45, 2.75) is 44.6 Å². The lowest BCUT2D eigenvalue weighted by Gasteiger charge is -2.22. The molecule has 0 spiro atoms. The van der Waals surface area contributed by atoms with E-state index in [1.165, 1.54) is 32.1 Å². The van der Waals surface area contributed by atoms with E-state index in [1.807, 2.05) is 13.2 Å². The topological polar surface area (TPSA) is 59.0 Å². The van der Waals surface area contributed by atoms with Crippen molar-refractivity contribution in [3.63, 3.8) is 0 Å². The molecule has 2 rings (SSSR count). The molecule has 0 aliphatic heterocycles. The number of hydrogen-bond donors (Lipinski definition) is 2. The average Bonchev–Trinajstić information content (AvgIpc) is 2.87. The Hall–Kier alpha value is -1.07. The molecule has 1 aromatic heterocycles. The summed E-state index contributed by atoms with van der Waals surface area (Å²) in [7, 11) is 3.66. The minimum Gasteiger partial charge on any atom is -0.354 e. The molecule has 1 fully saturated rings. The fraction of sp³-hybridized carbons (Fsp3) is 0.733. The fourth-order valence-electron chi connectivity index (χ4n) is 3.02. The lowest BCUT2D eigenvalue weighted by Crippen LogP contribution is -2.36. The number of rotatable bonds is 6. The van der Waals surface area contributed by atoms with Crippen LogP contribution in [0.3, 0.4) is 0 Å². The van der Waals surface area contributed by atoms with E-state index in [2.05, 4.69) is 15.7 Å². The van der Waals surface area contributed by atoms with Crippen molar-refractivity contribution < 1.29 is 4.79 Å². The van der Waals surface area contributed by atoms with E-state index < -0.39 is 0 Å². The summed E-state index contributed by atoms with van der Waals surface area (Å²) in [6, 6.07) is -0.310. The van der Waals surface area contributed by atoms with Gasteiger partial charge in [-0.1, -0.05) is 32.1 Å². The summed E-state index contributed by atoms with van der Waals surface area (Å²) in [5.74, 6) is 0.840. The third-order valence-corrected chi connectivity index (χ3v) is 4.19. The first kappa shape index (κ1) is 18.0. The second-order valence-corrected chi connectivity index (χ2v) is 5.75. The maximum absolute atomic E-state index is 12.2. The van der Waals surface area contributed by atoms with Gasteiger partial charge >= 0.3 is 0 Å². The predicted molar refractivity (Wildman–Crippen MR) is 86.5 cm³/mol. The van der Waals surface area contributed by atoms with Crippen LogP contribution in [0.5, 0.6) is 0 Å². The molecule has 1 aliphatic rings. The Morgan fingerprint density at radius 3 is 2.71 bits per heavy atom. The molecule has 1 atom stereocenters. The van der Waals surface area contributed by atoms with Crippen LogP contribution in [0, 0.1) is 5.92 Å². The first-order chi connectivity index (χ1) is 9.70. The van der Waals surface area contributed by atoms with Crippen molar-refractivity contribution in [3.05, 3.63) is 18.0 Å². The number of hydrogen-bond acceptors (Lipinski definition) is 3. The van der Waals surface area contributed by atoms with Gasteiger partial charge < -0.3 is 10.6 Å². The number of nitrogens with one attached hydrogen (secondary N) is 2. The van der Waals surface area contributed by atoms with Gasteiger partial charge in [0.1, 0.15) is 6.04 Å². The van der Waals surface area contributed by atoms with Gasteiger partial charge in [-0.05, 0) is 19.4 Å². The van der Waals surface area contributed by atoms with Crippen LogP contribution < -0.4 is 10.6 Å². The van der Waals surface area contributed by atoms with Crippen molar-refractivity contribution in [1.82, 2.24) is 20.4 Å². The average molecular weight is 315 g/mol. The van der Waals surface area contributed by atoms with Crippen LogP contribution in [-0.2, 0) is 11.8 Å². The number of amides is 1. The highest BCUT2D eigenvalue weighted by Crippen LogP contribution is 2.25. The highest BCUT2D eigenvalue weighted by atomic mass is 35.5. The molecule has 6 heteroatoms. The lowest BCUT2D eigenvalue weighted by molar-refractivity contribution is -0.123. The molecule has 120 valence electrons. The van der Waals surface area contributed by atoms with Gasteiger partial charge in [0.05, 0.1) is 6.20 Å². The summed E-state index contributed by atoms with van der Waals surface area (Å²) in [6.07, 6.45) is 11.5. The minimum atomic E-state index is -0.310. The van der Waals surface area contributed by atoms with Crippen LogP contribution in [-0.4, -0.2) is 29.3 Å². The molecule has 0 aromatic carbocycles. The van der Waals surface area contributed by atoms with Gasteiger partial charge in [-0.15, -0.1) is 12.4 Å². The summed E-state index contributed by atoms with van der Waals surface area (Å²) in [4.78, 5) is 12.2. The second-order valence-electron chi connectivity index (χ2n) is 5.75. The highest BCUT2D eigenvalue weighted by molar-refractivity contribution is 5.85. The van der Waals surface area contributed by atoms with E-state index in [9.17, 15) is 4.79 Å². The maximum atomic E-state index is 12.2. The molecule has 0 radical (unpaired) electrons. The van der Waals surface area contributed by atoms with E-state index >= 15 is 0 Å². The van der Waals surface area contributed by atoms with Crippen molar-refractivity contribution in [1.29, 1.82) is 0 Å². The van der Waals surface area contributed by atoms with Crippen molar-refractivity contribution in [2.24, 2.45) is 13.0 Å². The number of carbonyl (C=O) groups excluding carboxylic acids is 1. The van der Waals surface area contributed by atoms with E-state index in [1.54, 1.807) is 17.9 Å². The summed E-state index contributed by atoms with van der Waals surface area (Å²) in [5, 5.41) is 10.2. The fourth-order valence-corrected chi connectivity index (χ4v) is 3.02. The van der Waals surface area contributed by atoms with Crippen LogP contribution in [0.1, 0.15) is 50.1 Å². The molecule has 1 aromatic rings. The van der Waals surface area contributed by atoms with Gasteiger partial charge in [0, 0.05) is 25.4 Å². The molecule has 1 heterocycles.